The Morgan fingerprint density at radius 3 is 2.30 bits per heavy atom. The van der Waals surface area contributed by atoms with Crippen LogP contribution in [-0.4, -0.2) is 52.4 Å². The molecule has 1 aromatic carbocycles. The molecule has 0 aliphatic heterocycles. The van der Waals surface area contributed by atoms with E-state index in [2.05, 4.69) is 15.3 Å². The Labute approximate surface area is 156 Å². The van der Waals surface area contributed by atoms with Crippen LogP contribution < -0.4 is 19.5 Å². The molecule has 1 aromatic heterocycles. The van der Waals surface area contributed by atoms with Gasteiger partial charge in [-0.05, 0) is 18.1 Å². The Morgan fingerprint density at radius 2 is 1.70 bits per heavy atom. The van der Waals surface area contributed by atoms with Crippen LogP contribution in [0.1, 0.15) is 5.56 Å². The van der Waals surface area contributed by atoms with E-state index in [9.17, 15) is 13.2 Å². The number of hydrogen-bond donors (Lipinski definition) is 2. The minimum Gasteiger partial charge on any atom is -0.481 e. The van der Waals surface area contributed by atoms with Crippen LogP contribution in [0.5, 0.6) is 11.8 Å². The van der Waals surface area contributed by atoms with Crippen LogP contribution in [0.25, 0.3) is 0 Å². The molecular formula is C16H20N4O6S. The van der Waals surface area contributed by atoms with E-state index in [1.54, 1.807) is 18.2 Å². The van der Waals surface area contributed by atoms with Crippen molar-refractivity contribution in [1.82, 2.24) is 14.7 Å². The minimum atomic E-state index is -4.11. The topological polar surface area (TPSA) is 129 Å². The zero-order chi connectivity index (χ0) is 19.9. The molecule has 0 bridgehead atoms. The molecule has 2 N–H and O–H groups in total. The van der Waals surface area contributed by atoms with E-state index in [0.29, 0.717) is 18.6 Å². The largest absolute Gasteiger partial charge is 0.481 e. The lowest BCUT2D eigenvalue weighted by molar-refractivity contribution is 0.202. The number of sulfonamides is 1. The van der Waals surface area contributed by atoms with Crippen molar-refractivity contribution < 1.29 is 27.4 Å². The number of anilines is 1. The third-order valence-corrected chi connectivity index (χ3v) is 4.82. The van der Waals surface area contributed by atoms with Gasteiger partial charge in [0.05, 0.1) is 31.8 Å². The lowest BCUT2D eigenvalue weighted by Gasteiger charge is -2.12. The summed E-state index contributed by atoms with van der Waals surface area (Å²) in [5.74, 6) is 0.112. The van der Waals surface area contributed by atoms with Gasteiger partial charge in [-0.1, -0.05) is 18.2 Å². The monoisotopic (exact) mass is 396 g/mol. The highest BCUT2D eigenvalue weighted by atomic mass is 32.2. The maximum Gasteiger partial charge on any atom is 0.335 e. The lowest BCUT2D eigenvalue weighted by atomic mass is 10.2. The third-order valence-electron chi connectivity index (χ3n) is 3.39. The first kappa shape index (κ1) is 20.4. The van der Waals surface area contributed by atoms with Crippen molar-refractivity contribution in [1.29, 1.82) is 0 Å². The average molecular weight is 396 g/mol. The second-order valence-corrected chi connectivity index (χ2v) is 6.84. The molecule has 2 aromatic rings. The Balaban J connectivity index is 2.18. The van der Waals surface area contributed by atoms with Crippen molar-refractivity contribution in [2.45, 2.75) is 11.3 Å². The summed E-state index contributed by atoms with van der Waals surface area (Å²) in [7, 11) is 0.175. The molecule has 0 unspecified atom stereocenters. The lowest BCUT2D eigenvalue weighted by Crippen LogP contribution is -2.35. The number of aromatic nitrogens is 2. The molecule has 0 aliphatic carbocycles. The van der Waals surface area contributed by atoms with Gasteiger partial charge in [0, 0.05) is 7.11 Å². The fourth-order valence-corrected chi connectivity index (χ4v) is 3.34. The number of benzene rings is 1. The predicted molar refractivity (Wildman–Crippen MR) is 96.5 cm³/mol. The average Bonchev–Trinajstić information content (AvgIpc) is 2.65. The summed E-state index contributed by atoms with van der Waals surface area (Å²) in [5, 5.41) is 2.24. The molecule has 11 heteroatoms. The number of amides is 2. The molecular weight excluding hydrogens is 376 g/mol. The molecule has 0 atom stereocenters. The maximum atomic E-state index is 12.6. The van der Waals surface area contributed by atoms with E-state index >= 15 is 0 Å². The van der Waals surface area contributed by atoms with Crippen molar-refractivity contribution in [3.63, 3.8) is 0 Å². The Morgan fingerprint density at radius 1 is 1.07 bits per heavy atom. The molecule has 0 spiro atoms. The molecule has 0 saturated carbocycles. The van der Waals surface area contributed by atoms with Crippen molar-refractivity contribution >= 4 is 22.0 Å². The summed E-state index contributed by atoms with van der Waals surface area (Å²) in [5.41, 5.74) is 0.527. The molecule has 0 saturated heterocycles. The summed E-state index contributed by atoms with van der Waals surface area (Å²) in [6.07, 6.45) is 0.380. The smallest absolute Gasteiger partial charge is 0.335 e. The van der Waals surface area contributed by atoms with Crippen LogP contribution in [0.2, 0.25) is 0 Å². The van der Waals surface area contributed by atoms with Gasteiger partial charge >= 0.3 is 6.03 Å². The van der Waals surface area contributed by atoms with Crippen LogP contribution >= 0.6 is 0 Å². The number of methoxy groups -OCH3 is 3. The highest BCUT2D eigenvalue weighted by molar-refractivity contribution is 7.90. The highest BCUT2D eigenvalue weighted by Gasteiger charge is 2.21. The molecule has 0 fully saturated rings. The quantitative estimate of drug-likeness (QED) is 0.681. The van der Waals surface area contributed by atoms with Gasteiger partial charge in [0.1, 0.15) is 0 Å². The molecule has 0 radical (unpaired) electrons. The Bertz CT molecular complexity index is 881. The van der Waals surface area contributed by atoms with Crippen molar-refractivity contribution in [2.75, 3.05) is 33.3 Å². The van der Waals surface area contributed by atoms with Gasteiger partial charge in [0.2, 0.25) is 17.7 Å². The van der Waals surface area contributed by atoms with E-state index in [0.717, 1.165) is 0 Å². The number of urea groups is 1. The molecule has 146 valence electrons. The second-order valence-electron chi connectivity index (χ2n) is 5.19. The fourth-order valence-electron chi connectivity index (χ4n) is 2.16. The van der Waals surface area contributed by atoms with Gasteiger partial charge in [0.25, 0.3) is 10.0 Å². The summed E-state index contributed by atoms with van der Waals surface area (Å²) in [6.45, 7) is 0.343. The summed E-state index contributed by atoms with van der Waals surface area (Å²) in [4.78, 5) is 19.9. The minimum absolute atomic E-state index is 0.0126. The molecule has 27 heavy (non-hydrogen) atoms. The Hall–Kier alpha value is -2.92. The van der Waals surface area contributed by atoms with Crippen LogP contribution in [0, 0.1) is 0 Å². The molecule has 10 nitrogen and oxygen atoms in total. The Kier molecular flexibility index (Phi) is 6.91. The van der Waals surface area contributed by atoms with Gasteiger partial charge < -0.3 is 14.2 Å². The highest BCUT2D eigenvalue weighted by Crippen LogP contribution is 2.18. The van der Waals surface area contributed by atoms with E-state index in [1.807, 2.05) is 4.72 Å². The van der Waals surface area contributed by atoms with E-state index < -0.39 is 16.1 Å². The SMILES string of the molecule is COCCc1ccccc1S(=O)(=O)NC(=O)Nc1nc(OC)cc(OC)n1. The maximum absolute atomic E-state index is 12.6. The number of carbonyl (C=O) groups excluding carboxylic acids is 1. The molecule has 0 aliphatic rings. The predicted octanol–water partition coefficient (Wildman–Crippen LogP) is 1.19. The summed E-state index contributed by atoms with van der Waals surface area (Å²) in [6, 6.07) is 6.73. The van der Waals surface area contributed by atoms with Gasteiger partial charge in [-0.25, -0.2) is 17.9 Å². The van der Waals surface area contributed by atoms with E-state index in [4.69, 9.17) is 14.2 Å². The van der Waals surface area contributed by atoms with Crippen LogP contribution in [0.4, 0.5) is 10.7 Å². The number of nitrogens with one attached hydrogen (secondary N) is 2. The van der Waals surface area contributed by atoms with Crippen LogP contribution in [0.15, 0.2) is 35.2 Å². The van der Waals surface area contributed by atoms with Crippen molar-refractivity contribution in [3.05, 3.63) is 35.9 Å². The first-order valence-electron chi connectivity index (χ1n) is 7.77. The zero-order valence-corrected chi connectivity index (χ0v) is 15.9. The molecule has 2 rings (SSSR count). The van der Waals surface area contributed by atoms with Gasteiger partial charge in [-0.2, -0.15) is 9.97 Å². The van der Waals surface area contributed by atoms with Gasteiger partial charge in [-0.15, -0.1) is 0 Å². The van der Waals surface area contributed by atoms with Crippen molar-refractivity contribution in [3.8, 4) is 11.8 Å². The van der Waals surface area contributed by atoms with Crippen molar-refractivity contribution in [2.24, 2.45) is 0 Å². The van der Waals surface area contributed by atoms with Gasteiger partial charge in [0.15, 0.2) is 0 Å². The summed E-state index contributed by atoms with van der Waals surface area (Å²) >= 11 is 0. The molecule has 1 heterocycles. The molecule has 2 amide bonds. The first-order chi connectivity index (χ1) is 12.9. The number of hydrogen-bond acceptors (Lipinski definition) is 8. The van der Waals surface area contributed by atoms with E-state index in [-0.39, 0.29) is 22.6 Å². The fraction of sp³-hybridized carbons (Fsp3) is 0.312. The van der Waals surface area contributed by atoms with Crippen LogP contribution in [-0.2, 0) is 21.2 Å². The first-order valence-corrected chi connectivity index (χ1v) is 9.25. The van der Waals surface area contributed by atoms with Gasteiger partial charge in [-0.3, -0.25) is 5.32 Å². The number of ether oxygens (including phenoxy) is 3. The number of carbonyl (C=O) groups is 1. The van der Waals surface area contributed by atoms with E-state index in [1.165, 1.54) is 33.5 Å². The number of rotatable bonds is 8. The number of nitrogens with zero attached hydrogens (tertiary/aromatic N) is 2. The third kappa shape index (κ3) is 5.53. The second kappa shape index (κ2) is 9.14. The standard InChI is InChI=1S/C16H20N4O6S/c1-24-9-8-11-6-4-5-7-12(11)27(22,23)20-16(21)19-15-17-13(25-2)10-14(18-15)26-3/h4-7,10H,8-9H2,1-3H3,(H2,17,18,19,20,21). The zero-order valence-electron chi connectivity index (χ0n) is 15.1. The summed E-state index contributed by atoms with van der Waals surface area (Å²) < 4.78 is 42.0. The normalized spacial score (nSPS) is 10.9. The van der Waals surface area contributed by atoms with Crippen LogP contribution in [0.3, 0.4) is 0 Å².